The maximum Gasteiger partial charge on any atom is 0.341 e. The highest BCUT2D eigenvalue weighted by atomic mass is 16.5. The summed E-state index contributed by atoms with van der Waals surface area (Å²) in [6, 6.07) is 0. The Morgan fingerprint density at radius 1 is 1.47 bits per heavy atom. The number of hydrogen-bond donors (Lipinski definition) is 0. The summed E-state index contributed by atoms with van der Waals surface area (Å²) in [6.45, 7) is 4.97. The summed E-state index contributed by atoms with van der Waals surface area (Å²) >= 11 is 0. The summed E-state index contributed by atoms with van der Waals surface area (Å²) < 4.78 is 4.77. The van der Waals surface area contributed by atoms with E-state index in [0.717, 1.165) is 0 Å². The van der Waals surface area contributed by atoms with Gasteiger partial charge in [0.25, 0.3) is 0 Å². The molecule has 0 spiro atoms. The van der Waals surface area contributed by atoms with E-state index in [9.17, 15) is 14.4 Å². The van der Waals surface area contributed by atoms with E-state index in [0.29, 0.717) is 5.57 Å². The van der Waals surface area contributed by atoms with E-state index in [1.54, 1.807) is 13.8 Å². The highest BCUT2D eigenvalue weighted by Crippen LogP contribution is 2.30. The lowest BCUT2D eigenvalue weighted by Crippen LogP contribution is -2.13. The first kappa shape index (κ1) is 11.6. The Balaban J connectivity index is 2.99. The highest BCUT2D eigenvalue weighted by Gasteiger charge is 2.36. The van der Waals surface area contributed by atoms with Crippen molar-refractivity contribution in [3.8, 4) is 0 Å². The van der Waals surface area contributed by atoms with E-state index in [4.69, 9.17) is 4.74 Å². The van der Waals surface area contributed by atoms with Gasteiger partial charge in [-0.1, -0.05) is 0 Å². The number of ketones is 2. The minimum absolute atomic E-state index is 0.0667. The fourth-order valence-corrected chi connectivity index (χ4v) is 1.76. The summed E-state index contributed by atoms with van der Waals surface area (Å²) in [5, 5.41) is 0. The van der Waals surface area contributed by atoms with Gasteiger partial charge in [0.1, 0.15) is 11.4 Å². The molecule has 0 amide bonds. The van der Waals surface area contributed by atoms with Crippen molar-refractivity contribution in [3.05, 3.63) is 11.1 Å². The lowest BCUT2D eigenvalue weighted by Gasteiger charge is -2.05. The molecule has 1 aliphatic rings. The zero-order valence-corrected chi connectivity index (χ0v) is 9.12. The van der Waals surface area contributed by atoms with E-state index in [1.165, 1.54) is 6.92 Å². The fourth-order valence-electron chi connectivity index (χ4n) is 1.76. The lowest BCUT2D eigenvalue weighted by molar-refractivity contribution is -0.139. The standard InChI is InChI=1S/C11H14O4/c1-4-15-11(14)10-6(2)8(7(3)12)5-9(10)13/h8H,4-5H2,1-3H3. The van der Waals surface area contributed by atoms with Crippen molar-refractivity contribution in [1.82, 2.24) is 0 Å². The van der Waals surface area contributed by atoms with Crippen LogP contribution in [0.4, 0.5) is 0 Å². The van der Waals surface area contributed by atoms with Crippen molar-refractivity contribution in [3.63, 3.8) is 0 Å². The third-order valence-corrected chi connectivity index (χ3v) is 2.56. The number of allylic oxidation sites excluding steroid dienone is 1. The summed E-state index contributed by atoms with van der Waals surface area (Å²) in [6.07, 6.45) is 0.106. The van der Waals surface area contributed by atoms with Crippen LogP contribution in [-0.4, -0.2) is 24.1 Å². The zero-order chi connectivity index (χ0) is 11.6. The summed E-state index contributed by atoms with van der Waals surface area (Å²) in [4.78, 5) is 34.1. The predicted molar refractivity (Wildman–Crippen MR) is 53.1 cm³/mol. The Morgan fingerprint density at radius 2 is 2.07 bits per heavy atom. The molecule has 0 saturated heterocycles. The molecule has 0 aromatic carbocycles. The minimum atomic E-state index is -0.608. The van der Waals surface area contributed by atoms with Crippen LogP contribution >= 0.6 is 0 Å². The SMILES string of the molecule is CCOC(=O)C1=C(C)C(C(C)=O)CC1=O. The van der Waals surface area contributed by atoms with Crippen molar-refractivity contribution in [2.24, 2.45) is 5.92 Å². The van der Waals surface area contributed by atoms with E-state index in [2.05, 4.69) is 0 Å². The van der Waals surface area contributed by atoms with Gasteiger partial charge in [0.2, 0.25) is 0 Å². The summed E-state index contributed by atoms with van der Waals surface area (Å²) in [5.74, 6) is -1.41. The van der Waals surface area contributed by atoms with Crippen LogP contribution in [-0.2, 0) is 19.1 Å². The molecule has 0 aromatic rings. The largest absolute Gasteiger partial charge is 0.462 e. The van der Waals surface area contributed by atoms with Crippen LogP contribution < -0.4 is 0 Å². The Bertz CT molecular complexity index is 352. The first-order valence-electron chi connectivity index (χ1n) is 4.90. The third kappa shape index (κ3) is 2.14. The molecule has 0 radical (unpaired) electrons. The van der Waals surface area contributed by atoms with Gasteiger partial charge in [0.15, 0.2) is 5.78 Å². The molecular weight excluding hydrogens is 196 g/mol. The van der Waals surface area contributed by atoms with Gasteiger partial charge in [-0.3, -0.25) is 9.59 Å². The van der Waals surface area contributed by atoms with Gasteiger partial charge < -0.3 is 4.74 Å². The number of esters is 1. The minimum Gasteiger partial charge on any atom is -0.462 e. The zero-order valence-electron chi connectivity index (χ0n) is 9.12. The molecule has 1 rings (SSSR count). The molecular formula is C11H14O4. The lowest BCUT2D eigenvalue weighted by atomic mass is 9.98. The first-order chi connectivity index (χ1) is 6.99. The molecule has 4 nitrogen and oxygen atoms in total. The molecule has 0 bridgehead atoms. The normalized spacial score (nSPS) is 20.7. The number of ether oxygens (including phenoxy) is 1. The average Bonchev–Trinajstić information content (AvgIpc) is 2.42. The second-order valence-corrected chi connectivity index (χ2v) is 3.57. The molecule has 0 fully saturated rings. The Kier molecular flexibility index (Phi) is 3.39. The van der Waals surface area contributed by atoms with Gasteiger partial charge in [-0.2, -0.15) is 0 Å². The molecule has 0 saturated carbocycles. The number of rotatable bonds is 3. The molecule has 15 heavy (non-hydrogen) atoms. The van der Waals surface area contributed by atoms with Gasteiger partial charge in [-0.05, 0) is 26.3 Å². The number of Topliss-reactive ketones (excluding diaryl/α,β-unsaturated/α-hetero) is 2. The average molecular weight is 210 g/mol. The molecule has 82 valence electrons. The molecule has 0 heterocycles. The van der Waals surface area contributed by atoms with Crippen LogP contribution in [0.25, 0.3) is 0 Å². The van der Waals surface area contributed by atoms with E-state index in [-0.39, 0.29) is 30.2 Å². The topological polar surface area (TPSA) is 60.4 Å². The van der Waals surface area contributed by atoms with Crippen LogP contribution in [0.15, 0.2) is 11.1 Å². The van der Waals surface area contributed by atoms with Crippen LogP contribution in [0.5, 0.6) is 0 Å². The quantitative estimate of drug-likeness (QED) is 0.516. The van der Waals surface area contributed by atoms with Gasteiger partial charge in [-0.25, -0.2) is 4.79 Å². The van der Waals surface area contributed by atoms with Crippen molar-refractivity contribution >= 4 is 17.5 Å². The van der Waals surface area contributed by atoms with Gasteiger partial charge in [-0.15, -0.1) is 0 Å². The monoisotopic (exact) mass is 210 g/mol. The van der Waals surface area contributed by atoms with E-state index >= 15 is 0 Å². The van der Waals surface area contributed by atoms with Crippen LogP contribution in [0.3, 0.4) is 0 Å². The summed E-state index contributed by atoms with van der Waals surface area (Å²) in [5.41, 5.74) is 0.614. The van der Waals surface area contributed by atoms with Gasteiger partial charge in [0, 0.05) is 12.3 Å². The molecule has 4 heteroatoms. The maximum absolute atomic E-state index is 11.5. The smallest absolute Gasteiger partial charge is 0.341 e. The Hall–Kier alpha value is -1.45. The number of hydrogen-bond acceptors (Lipinski definition) is 4. The van der Waals surface area contributed by atoms with Crippen molar-refractivity contribution in [1.29, 1.82) is 0 Å². The molecule has 0 aliphatic heterocycles. The van der Waals surface area contributed by atoms with Crippen molar-refractivity contribution in [2.45, 2.75) is 27.2 Å². The van der Waals surface area contributed by atoms with Gasteiger partial charge >= 0.3 is 5.97 Å². The highest BCUT2D eigenvalue weighted by molar-refractivity contribution is 6.21. The van der Waals surface area contributed by atoms with Crippen LogP contribution in [0, 0.1) is 5.92 Å². The van der Waals surface area contributed by atoms with Crippen LogP contribution in [0.2, 0.25) is 0 Å². The predicted octanol–water partition coefficient (Wildman–Crippen LogP) is 1.04. The van der Waals surface area contributed by atoms with E-state index in [1.807, 2.05) is 0 Å². The second kappa shape index (κ2) is 4.38. The maximum atomic E-state index is 11.5. The van der Waals surface area contributed by atoms with Crippen LogP contribution in [0.1, 0.15) is 27.2 Å². The molecule has 1 atom stereocenters. The number of carbonyl (C=O) groups is 3. The van der Waals surface area contributed by atoms with E-state index < -0.39 is 11.9 Å². The number of carbonyl (C=O) groups excluding carboxylic acids is 3. The molecule has 0 aromatic heterocycles. The molecule has 1 aliphatic carbocycles. The van der Waals surface area contributed by atoms with Crippen molar-refractivity contribution < 1.29 is 19.1 Å². The Labute approximate surface area is 88.3 Å². The third-order valence-electron chi connectivity index (χ3n) is 2.56. The summed E-state index contributed by atoms with van der Waals surface area (Å²) in [7, 11) is 0. The molecule has 1 unspecified atom stereocenters. The molecule has 0 N–H and O–H groups in total. The first-order valence-corrected chi connectivity index (χ1v) is 4.90. The fraction of sp³-hybridized carbons (Fsp3) is 0.545. The van der Waals surface area contributed by atoms with Crippen molar-refractivity contribution in [2.75, 3.05) is 6.61 Å². The van der Waals surface area contributed by atoms with Gasteiger partial charge in [0.05, 0.1) is 6.61 Å². The second-order valence-electron chi connectivity index (χ2n) is 3.57. The Morgan fingerprint density at radius 3 is 2.47 bits per heavy atom.